The van der Waals surface area contributed by atoms with Crippen LogP contribution < -0.4 is 0 Å². The molecule has 0 aliphatic carbocycles. The van der Waals surface area contributed by atoms with Crippen LogP contribution >= 0.6 is 11.6 Å². The summed E-state index contributed by atoms with van der Waals surface area (Å²) in [6.45, 7) is 1.26. The van der Waals surface area contributed by atoms with E-state index in [-0.39, 0.29) is 27.6 Å². The number of halogens is 1. The molecular weight excluding hydrogens is 220 g/mol. The highest BCUT2D eigenvalue weighted by Crippen LogP contribution is 2.27. The molecule has 15 heavy (non-hydrogen) atoms. The molecule has 6 heteroatoms. The number of nitro benzene ring substituents is 1. The number of nitrogens with zero attached hydrogens (tertiary/aromatic N) is 2. The molecular formula is C9H5ClN2O3. The first-order valence-electron chi connectivity index (χ1n) is 3.86. The Morgan fingerprint density at radius 3 is 2.60 bits per heavy atom. The third-order valence-electron chi connectivity index (χ3n) is 1.78. The van der Waals surface area contributed by atoms with E-state index >= 15 is 0 Å². The standard InChI is InChI=1S/C9H5ClN2O3/c1-5(13)7-3-8(10)9(12(14)15)2-6(7)4-11/h2-3H,1H3. The Kier molecular flexibility index (Phi) is 3.02. The van der Waals surface area contributed by atoms with Gasteiger partial charge < -0.3 is 0 Å². The second-order valence-corrected chi connectivity index (χ2v) is 3.18. The van der Waals surface area contributed by atoms with Gasteiger partial charge in [-0.1, -0.05) is 11.6 Å². The van der Waals surface area contributed by atoms with Gasteiger partial charge in [-0.05, 0) is 13.0 Å². The smallest absolute Gasteiger partial charge is 0.289 e. The summed E-state index contributed by atoms with van der Waals surface area (Å²) < 4.78 is 0. The van der Waals surface area contributed by atoms with Gasteiger partial charge in [-0.2, -0.15) is 5.26 Å². The second-order valence-electron chi connectivity index (χ2n) is 2.77. The van der Waals surface area contributed by atoms with Crippen molar-refractivity contribution >= 4 is 23.1 Å². The molecule has 0 bridgehead atoms. The summed E-state index contributed by atoms with van der Waals surface area (Å²) in [4.78, 5) is 20.9. The lowest BCUT2D eigenvalue weighted by Gasteiger charge is -2.01. The average molecular weight is 225 g/mol. The fraction of sp³-hybridized carbons (Fsp3) is 0.111. The maximum absolute atomic E-state index is 11.1. The lowest BCUT2D eigenvalue weighted by Crippen LogP contribution is -1.99. The summed E-state index contributed by atoms with van der Waals surface area (Å²) >= 11 is 5.59. The molecule has 0 spiro atoms. The molecule has 0 aliphatic heterocycles. The molecule has 0 N–H and O–H groups in total. The van der Waals surface area contributed by atoms with Gasteiger partial charge in [-0.25, -0.2) is 0 Å². The molecule has 0 aromatic heterocycles. The molecule has 76 valence electrons. The SMILES string of the molecule is CC(=O)c1cc(Cl)c([N+](=O)[O-])cc1C#N. The number of Topliss-reactive ketones (excluding diaryl/α,β-unsaturated/α-hetero) is 1. The fourth-order valence-electron chi connectivity index (χ4n) is 1.09. The normalized spacial score (nSPS) is 9.40. The summed E-state index contributed by atoms with van der Waals surface area (Å²) in [5.41, 5.74) is -0.329. The predicted molar refractivity (Wildman–Crippen MR) is 52.8 cm³/mol. The van der Waals surface area contributed by atoms with Gasteiger partial charge >= 0.3 is 0 Å². The van der Waals surface area contributed by atoms with Gasteiger partial charge in [0.2, 0.25) is 0 Å². The average Bonchev–Trinajstić information content (AvgIpc) is 2.16. The van der Waals surface area contributed by atoms with E-state index in [9.17, 15) is 14.9 Å². The Morgan fingerprint density at radius 2 is 2.20 bits per heavy atom. The number of hydrogen-bond acceptors (Lipinski definition) is 4. The Hall–Kier alpha value is -1.93. The Balaban J connectivity index is 3.51. The van der Waals surface area contributed by atoms with Crippen molar-refractivity contribution in [3.8, 4) is 6.07 Å². The van der Waals surface area contributed by atoms with Crippen LogP contribution in [0.5, 0.6) is 0 Å². The number of carbonyl (C=O) groups excluding carboxylic acids is 1. The topological polar surface area (TPSA) is 84.0 Å². The lowest BCUT2D eigenvalue weighted by atomic mass is 10.0. The van der Waals surface area contributed by atoms with Crippen molar-refractivity contribution in [2.45, 2.75) is 6.92 Å². The molecule has 1 aromatic rings. The van der Waals surface area contributed by atoms with Gasteiger partial charge in [0, 0.05) is 11.6 Å². The van der Waals surface area contributed by atoms with E-state index in [1.165, 1.54) is 6.92 Å². The van der Waals surface area contributed by atoms with Crippen LogP contribution in [0.15, 0.2) is 12.1 Å². The third kappa shape index (κ3) is 2.11. The molecule has 1 rings (SSSR count). The fourth-order valence-corrected chi connectivity index (χ4v) is 1.32. The molecule has 0 fully saturated rings. The predicted octanol–water partition coefficient (Wildman–Crippen LogP) is 2.32. The zero-order valence-corrected chi connectivity index (χ0v) is 8.41. The van der Waals surface area contributed by atoms with Crippen molar-refractivity contribution in [1.29, 1.82) is 5.26 Å². The highest BCUT2D eigenvalue weighted by atomic mass is 35.5. The van der Waals surface area contributed by atoms with Crippen LogP contribution in [0.1, 0.15) is 22.8 Å². The van der Waals surface area contributed by atoms with E-state index in [1.807, 2.05) is 0 Å². The van der Waals surface area contributed by atoms with E-state index in [0.717, 1.165) is 12.1 Å². The van der Waals surface area contributed by atoms with E-state index in [0.29, 0.717) is 0 Å². The number of nitriles is 1. The van der Waals surface area contributed by atoms with Crippen molar-refractivity contribution in [3.63, 3.8) is 0 Å². The van der Waals surface area contributed by atoms with Crippen LogP contribution in [0.2, 0.25) is 5.02 Å². The number of benzene rings is 1. The molecule has 0 unspecified atom stereocenters. The highest BCUT2D eigenvalue weighted by Gasteiger charge is 2.18. The number of hydrogen-bond donors (Lipinski definition) is 0. The maximum atomic E-state index is 11.1. The number of ketones is 1. The van der Waals surface area contributed by atoms with Crippen LogP contribution in [0.4, 0.5) is 5.69 Å². The van der Waals surface area contributed by atoms with Crippen LogP contribution in [0, 0.1) is 21.4 Å². The molecule has 0 saturated heterocycles. The molecule has 0 heterocycles. The second kappa shape index (κ2) is 4.07. The van der Waals surface area contributed by atoms with Crippen molar-refractivity contribution in [2.75, 3.05) is 0 Å². The number of carbonyl (C=O) groups is 1. The molecule has 1 aromatic carbocycles. The minimum Gasteiger partial charge on any atom is -0.294 e. The van der Waals surface area contributed by atoms with Gasteiger partial charge in [-0.3, -0.25) is 14.9 Å². The maximum Gasteiger partial charge on any atom is 0.289 e. The quantitative estimate of drug-likeness (QED) is 0.438. The van der Waals surface area contributed by atoms with Crippen molar-refractivity contribution in [1.82, 2.24) is 0 Å². The van der Waals surface area contributed by atoms with E-state index < -0.39 is 4.92 Å². The van der Waals surface area contributed by atoms with Crippen LogP contribution in [-0.4, -0.2) is 10.7 Å². The third-order valence-corrected chi connectivity index (χ3v) is 2.09. The molecule has 0 radical (unpaired) electrons. The first kappa shape index (κ1) is 11.1. The zero-order valence-electron chi connectivity index (χ0n) is 7.65. The summed E-state index contributed by atoms with van der Waals surface area (Å²) in [6.07, 6.45) is 0. The highest BCUT2D eigenvalue weighted by molar-refractivity contribution is 6.33. The van der Waals surface area contributed by atoms with E-state index in [4.69, 9.17) is 16.9 Å². The van der Waals surface area contributed by atoms with Crippen molar-refractivity contribution in [3.05, 3.63) is 38.4 Å². The Labute approximate surface area is 90.0 Å². The zero-order chi connectivity index (χ0) is 11.6. The van der Waals surface area contributed by atoms with Gasteiger partial charge in [0.25, 0.3) is 5.69 Å². The molecule has 0 saturated carbocycles. The minimum atomic E-state index is -0.701. The summed E-state index contributed by atoms with van der Waals surface area (Å²) in [6, 6.07) is 3.85. The van der Waals surface area contributed by atoms with Gasteiger partial charge in [0.15, 0.2) is 5.78 Å². The van der Waals surface area contributed by atoms with Crippen molar-refractivity contribution < 1.29 is 9.72 Å². The Bertz CT molecular complexity index is 491. The molecule has 5 nitrogen and oxygen atoms in total. The summed E-state index contributed by atoms with van der Waals surface area (Å²) in [5.74, 6) is -0.358. The van der Waals surface area contributed by atoms with Crippen LogP contribution in [0.25, 0.3) is 0 Å². The molecule has 0 atom stereocenters. The Morgan fingerprint density at radius 1 is 1.60 bits per heavy atom. The summed E-state index contributed by atoms with van der Waals surface area (Å²) in [7, 11) is 0. The van der Waals surface area contributed by atoms with Crippen molar-refractivity contribution in [2.24, 2.45) is 0 Å². The van der Waals surface area contributed by atoms with Crippen LogP contribution in [-0.2, 0) is 0 Å². The van der Waals surface area contributed by atoms with Crippen LogP contribution in [0.3, 0.4) is 0 Å². The largest absolute Gasteiger partial charge is 0.294 e. The minimum absolute atomic E-state index is 0.0430. The van der Waals surface area contributed by atoms with Gasteiger partial charge in [0.05, 0.1) is 10.5 Å². The number of rotatable bonds is 2. The van der Waals surface area contributed by atoms with Gasteiger partial charge in [0.1, 0.15) is 11.1 Å². The number of nitro groups is 1. The van der Waals surface area contributed by atoms with Gasteiger partial charge in [-0.15, -0.1) is 0 Å². The first-order valence-corrected chi connectivity index (χ1v) is 4.24. The monoisotopic (exact) mass is 224 g/mol. The lowest BCUT2D eigenvalue weighted by molar-refractivity contribution is -0.384. The first-order chi connectivity index (χ1) is 6.97. The molecule has 0 amide bonds. The van der Waals surface area contributed by atoms with E-state index in [2.05, 4.69) is 0 Å². The summed E-state index contributed by atoms with van der Waals surface area (Å²) in [5, 5.41) is 19.0. The van der Waals surface area contributed by atoms with E-state index in [1.54, 1.807) is 6.07 Å². The molecule has 0 aliphatic rings.